The molecule has 0 spiro atoms. The summed E-state index contributed by atoms with van der Waals surface area (Å²) in [5.41, 5.74) is 1.12. The number of pyridine rings is 1. The van der Waals surface area contributed by atoms with Gasteiger partial charge in [0.25, 0.3) is 5.91 Å². The van der Waals surface area contributed by atoms with Gasteiger partial charge in [0.2, 0.25) is 0 Å². The van der Waals surface area contributed by atoms with Crippen LogP contribution in [-0.2, 0) is 0 Å². The highest BCUT2D eigenvalue weighted by Crippen LogP contribution is 2.27. The Labute approximate surface area is 125 Å². The van der Waals surface area contributed by atoms with Gasteiger partial charge < -0.3 is 5.32 Å². The van der Waals surface area contributed by atoms with Gasteiger partial charge in [-0.2, -0.15) is 0 Å². The van der Waals surface area contributed by atoms with Gasteiger partial charge in [-0.1, -0.05) is 35.9 Å². The van der Waals surface area contributed by atoms with Crippen LogP contribution < -0.4 is 5.32 Å². The zero-order valence-electron chi connectivity index (χ0n) is 10.8. The van der Waals surface area contributed by atoms with Crippen LogP contribution in [-0.4, -0.2) is 10.9 Å². The molecule has 1 amide bonds. The van der Waals surface area contributed by atoms with Crippen molar-refractivity contribution in [3.8, 4) is 0 Å². The van der Waals surface area contributed by atoms with E-state index in [1.807, 2.05) is 0 Å². The number of para-hydroxylation sites is 1. The molecular weight excluding hydrogens is 291 g/mol. The van der Waals surface area contributed by atoms with E-state index < -0.39 is 11.7 Å². The Morgan fingerprint density at radius 1 is 1.10 bits per heavy atom. The van der Waals surface area contributed by atoms with E-state index in [0.717, 1.165) is 0 Å². The smallest absolute Gasteiger partial charge is 0.258 e. The molecule has 0 fully saturated rings. The van der Waals surface area contributed by atoms with Gasteiger partial charge in [0.15, 0.2) is 0 Å². The number of hydrogen-bond donors (Lipinski definition) is 1. The number of anilines is 1. The summed E-state index contributed by atoms with van der Waals surface area (Å²) in [4.78, 5) is 16.3. The van der Waals surface area contributed by atoms with E-state index in [0.29, 0.717) is 21.6 Å². The average Bonchev–Trinajstić information content (AvgIpc) is 2.49. The number of carbonyl (C=O) groups excluding carboxylic acids is 1. The molecule has 2 aromatic carbocycles. The summed E-state index contributed by atoms with van der Waals surface area (Å²) in [5.74, 6) is -1.08. The van der Waals surface area contributed by atoms with E-state index in [1.54, 1.807) is 36.5 Å². The van der Waals surface area contributed by atoms with E-state index >= 15 is 0 Å². The van der Waals surface area contributed by atoms with Gasteiger partial charge in [0.1, 0.15) is 5.82 Å². The maximum atomic E-state index is 13.6. The number of benzene rings is 2. The number of halogens is 2. The van der Waals surface area contributed by atoms with Crippen molar-refractivity contribution in [3.05, 3.63) is 71.1 Å². The molecule has 1 N–H and O–H groups in total. The van der Waals surface area contributed by atoms with E-state index in [9.17, 15) is 9.18 Å². The van der Waals surface area contributed by atoms with Crippen LogP contribution in [0.5, 0.6) is 0 Å². The highest BCUT2D eigenvalue weighted by molar-refractivity contribution is 6.35. The van der Waals surface area contributed by atoms with Gasteiger partial charge in [-0.05, 0) is 24.3 Å². The van der Waals surface area contributed by atoms with E-state index in [4.69, 9.17) is 11.6 Å². The first-order valence-corrected chi connectivity index (χ1v) is 6.64. The monoisotopic (exact) mass is 300 g/mol. The molecule has 1 aromatic heterocycles. The Hall–Kier alpha value is -2.46. The first-order chi connectivity index (χ1) is 10.2. The van der Waals surface area contributed by atoms with Crippen LogP contribution in [0.1, 0.15) is 10.4 Å². The molecule has 0 bridgehead atoms. The Balaban J connectivity index is 2.01. The lowest BCUT2D eigenvalue weighted by Gasteiger charge is -2.09. The van der Waals surface area contributed by atoms with Crippen LogP contribution in [0, 0.1) is 5.82 Å². The van der Waals surface area contributed by atoms with Gasteiger partial charge in [0.05, 0.1) is 21.8 Å². The molecule has 104 valence electrons. The summed E-state index contributed by atoms with van der Waals surface area (Å²) in [6.07, 6.45) is 1.55. The summed E-state index contributed by atoms with van der Waals surface area (Å²) >= 11 is 6.07. The molecule has 1 heterocycles. The molecule has 0 aliphatic rings. The molecule has 21 heavy (non-hydrogen) atoms. The highest BCUT2D eigenvalue weighted by atomic mass is 35.5. The molecule has 0 saturated carbocycles. The SMILES string of the molecule is O=C(Nc1ccnc2c(Cl)cccc12)c1ccccc1F. The Morgan fingerprint density at radius 2 is 1.90 bits per heavy atom. The van der Waals surface area contributed by atoms with Crippen molar-refractivity contribution in [2.75, 3.05) is 5.32 Å². The van der Waals surface area contributed by atoms with E-state index in [1.165, 1.54) is 18.2 Å². The van der Waals surface area contributed by atoms with E-state index in [-0.39, 0.29) is 5.56 Å². The fourth-order valence-electron chi connectivity index (χ4n) is 2.08. The first-order valence-electron chi connectivity index (χ1n) is 6.26. The second-order valence-electron chi connectivity index (χ2n) is 4.43. The lowest BCUT2D eigenvalue weighted by molar-refractivity contribution is 0.102. The number of amides is 1. The number of nitrogens with zero attached hydrogens (tertiary/aromatic N) is 1. The second kappa shape index (κ2) is 5.50. The molecule has 0 saturated heterocycles. The minimum absolute atomic E-state index is 0.00973. The third kappa shape index (κ3) is 2.58. The van der Waals surface area contributed by atoms with Gasteiger partial charge in [-0.15, -0.1) is 0 Å². The highest BCUT2D eigenvalue weighted by Gasteiger charge is 2.13. The molecule has 0 atom stereocenters. The van der Waals surface area contributed by atoms with Gasteiger partial charge in [0, 0.05) is 11.6 Å². The summed E-state index contributed by atoms with van der Waals surface area (Å²) in [6, 6.07) is 12.8. The normalized spacial score (nSPS) is 10.6. The van der Waals surface area contributed by atoms with Crippen molar-refractivity contribution < 1.29 is 9.18 Å². The summed E-state index contributed by atoms with van der Waals surface area (Å²) in [7, 11) is 0. The summed E-state index contributed by atoms with van der Waals surface area (Å²) < 4.78 is 13.6. The minimum atomic E-state index is -0.564. The molecule has 0 radical (unpaired) electrons. The third-order valence-corrected chi connectivity index (χ3v) is 3.39. The van der Waals surface area contributed by atoms with E-state index in [2.05, 4.69) is 10.3 Å². The van der Waals surface area contributed by atoms with Crippen LogP contribution in [0.4, 0.5) is 10.1 Å². The topological polar surface area (TPSA) is 42.0 Å². The van der Waals surface area contributed by atoms with Crippen LogP contribution in [0.15, 0.2) is 54.7 Å². The molecular formula is C16H10ClFN2O. The molecule has 3 aromatic rings. The fraction of sp³-hybridized carbons (Fsp3) is 0. The van der Waals surface area contributed by atoms with Crippen LogP contribution >= 0.6 is 11.6 Å². The van der Waals surface area contributed by atoms with Gasteiger partial charge in [-0.25, -0.2) is 4.39 Å². The van der Waals surface area contributed by atoms with Crippen LogP contribution in [0.2, 0.25) is 5.02 Å². The van der Waals surface area contributed by atoms with Gasteiger partial charge >= 0.3 is 0 Å². The average molecular weight is 301 g/mol. The maximum absolute atomic E-state index is 13.6. The lowest BCUT2D eigenvalue weighted by Crippen LogP contribution is -2.14. The van der Waals surface area contributed by atoms with Crippen molar-refractivity contribution in [1.82, 2.24) is 4.98 Å². The molecule has 0 unspecified atom stereocenters. The predicted octanol–water partition coefficient (Wildman–Crippen LogP) is 4.28. The van der Waals surface area contributed by atoms with Crippen molar-refractivity contribution in [1.29, 1.82) is 0 Å². The minimum Gasteiger partial charge on any atom is -0.321 e. The number of hydrogen-bond acceptors (Lipinski definition) is 2. The molecule has 3 rings (SSSR count). The van der Waals surface area contributed by atoms with Crippen molar-refractivity contribution in [2.24, 2.45) is 0 Å². The number of fused-ring (bicyclic) bond motifs is 1. The second-order valence-corrected chi connectivity index (χ2v) is 4.84. The molecule has 0 aliphatic carbocycles. The zero-order chi connectivity index (χ0) is 14.8. The number of rotatable bonds is 2. The Bertz CT molecular complexity index is 835. The maximum Gasteiger partial charge on any atom is 0.258 e. The van der Waals surface area contributed by atoms with Crippen molar-refractivity contribution in [2.45, 2.75) is 0 Å². The lowest BCUT2D eigenvalue weighted by atomic mass is 10.1. The molecule has 0 aliphatic heterocycles. The van der Waals surface area contributed by atoms with Crippen LogP contribution in [0.25, 0.3) is 10.9 Å². The molecule has 3 nitrogen and oxygen atoms in total. The van der Waals surface area contributed by atoms with Crippen molar-refractivity contribution >= 4 is 34.1 Å². The molecule has 5 heteroatoms. The number of aromatic nitrogens is 1. The summed E-state index contributed by atoms with van der Waals surface area (Å²) in [5, 5.41) is 3.89. The Kier molecular flexibility index (Phi) is 3.54. The number of carbonyl (C=O) groups is 1. The predicted molar refractivity (Wildman–Crippen MR) is 81.1 cm³/mol. The standard InChI is InChI=1S/C16H10ClFN2O/c17-12-6-3-5-11-14(8-9-19-15(11)12)20-16(21)10-4-1-2-7-13(10)18/h1-9H,(H,19,20,21). The summed E-state index contributed by atoms with van der Waals surface area (Å²) in [6.45, 7) is 0. The fourth-order valence-corrected chi connectivity index (χ4v) is 2.31. The third-order valence-electron chi connectivity index (χ3n) is 3.09. The zero-order valence-corrected chi connectivity index (χ0v) is 11.6. The quantitative estimate of drug-likeness (QED) is 0.767. The van der Waals surface area contributed by atoms with Gasteiger partial charge in [-0.3, -0.25) is 9.78 Å². The first kappa shape index (κ1) is 13.5. The Morgan fingerprint density at radius 3 is 2.71 bits per heavy atom. The number of nitrogens with one attached hydrogen (secondary N) is 1. The largest absolute Gasteiger partial charge is 0.321 e. The van der Waals surface area contributed by atoms with Crippen LogP contribution in [0.3, 0.4) is 0 Å². The van der Waals surface area contributed by atoms with Crippen molar-refractivity contribution in [3.63, 3.8) is 0 Å².